The Morgan fingerprint density at radius 2 is 1.75 bits per heavy atom. The summed E-state index contributed by atoms with van der Waals surface area (Å²) in [4.78, 5) is 34.5. The lowest BCUT2D eigenvalue weighted by Crippen LogP contribution is -2.49. The highest BCUT2D eigenvalue weighted by Crippen LogP contribution is 2.06. The van der Waals surface area contributed by atoms with Crippen molar-refractivity contribution >= 4 is 18.2 Å². The molecule has 2 amide bonds. The van der Waals surface area contributed by atoms with Crippen molar-refractivity contribution in [1.82, 2.24) is 16.0 Å². The standard InChI is InChI=1S/C19H29N3O6/c1-19(2,3)28-18(26)22-15(16(23)24)12-20-10-7-11-21-17(25)27-13-14-8-5-4-6-9-14/h4-6,8-9,15,20H,7,10-13H2,1-3H3,(H,21,25)(H,22,26)(H,23,24). The molecule has 0 aliphatic rings. The van der Waals surface area contributed by atoms with Gasteiger partial charge in [0, 0.05) is 13.1 Å². The lowest BCUT2D eigenvalue weighted by molar-refractivity contribution is -0.139. The zero-order valence-corrected chi connectivity index (χ0v) is 16.5. The maximum absolute atomic E-state index is 11.7. The number of hydrogen-bond acceptors (Lipinski definition) is 6. The molecule has 0 spiro atoms. The molecule has 1 rings (SSSR count). The first-order chi connectivity index (χ1) is 13.2. The summed E-state index contributed by atoms with van der Waals surface area (Å²) in [6.45, 7) is 6.14. The summed E-state index contributed by atoms with van der Waals surface area (Å²) in [6.07, 6.45) is -0.734. The molecule has 1 aromatic carbocycles. The number of carbonyl (C=O) groups is 3. The first-order valence-electron chi connectivity index (χ1n) is 9.05. The number of carbonyl (C=O) groups excluding carboxylic acids is 2. The van der Waals surface area contributed by atoms with Gasteiger partial charge in [-0.2, -0.15) is 0 Å². The van der Waals surface area contributed by atoms with Crippen LogP contribution in [-0.4, -0.2) is 54.5 Å². The molecule has 0 bridgehead atoms. The van der Waals surface area contributed by atoms with E-state index in [1.165, 1.54) is 0 Å². The number of nitrogens with one attached hydrogen (secondary N) is 3. The highest BCUT2D eigenvalue weighted by atomic mass is 16.6. The van der Waals surface area contributed by atoms with Gasteiger partial charge in [0.2, 0.25) is 0 Å². The lowest BCUT2D eigenvalue weighted by atomic mass is 10.2. The van der Waals surface area contributed by atoms with Crippen LogP contribution in [0.15, 0.2) is 30.3 Å². The fraction of sp³-hybridized carbons (Fsp3) is 0.526. The SMILES string of the molecule is CC(C)(C)OC(=O)NC(CNCCCNC(=O)OCc1ccccc1)C(=O)O. The Bertz CT molecular complexity index is 630. The number of rotatable bonds is 10. The second-order valence-corrected chi connectivity index (χ2v) is 7.08. The van der Waals surface area contributed by atoms with Crippen molar-refractivity contribution in [3.8, 4) is 0 Å². The van der Waals surface area contributed by atoms with Crippen molar-refractivity contribution in [2.45, 2.75) is 45.4 Å². The van der Waals surface area contributed by atoms with Gasteiger partial charge in [-0.1, -0.05) is 30.3 Å². The lowest BCUT2D eigenvalue weighted by Gasteiger charge is -2.22. The number of alkyl carbamates (subject to hydrolysis) is 2. The fourth-order valence-corrected chi connectivity index (χ4v) is 2.07. The van der Waals surface area contributed by atoms with Crippen LogP contribution in [-0.2, 0) is 20.9 Å². The molecular formula is C19H29N3O6. The second kappa shape index (κ2) is 11.8. The third kappa shape index (κ3) is 11.0. The Morgan fingerprint density at radius 3 is 2.36 bits per heavy atom. The van der Waals surface area contributed by atoms with Crippen LogP contribution in [0.5, 0.6) is 0 Å². The average molecular weight is 395 g/mol. The van der Waals surface area contributed by atoms with Crippen LogP contribution in [0.1, 0.15) is 32.8 Å². The van der Waals surface area contributed by atoms with Crippen LogP contribution < -0.4 is 16.0 Å². The predicted molar refractivity (Wildman–Crippen MR) is 103 cm³/mol. The maximum Gasteiger partial charge on any atom is 0.408 e. The minimum Gasteiger partial charge on any atom is -0.480 e. The van der Waals surface area contributed by atoms with E-state index in [2.05, 4.69) is 16.0 Å². The number of carboxylic acid groups (broad SMARTS) is 1. The number of carboxylic acids is 1. The third-order valence-corrected chi connectivity index (χ3v) is 3.35. The molecule has 4 N–H and O–H groups in total. The van der Waals surface area contributed by atoms with Crippen molar-refractivity contribution in [3.05, 3.63) is 35.9 Å². The van der Waals surface area contributed by atoms with Gasteiger partial charge in [-0.3, -0.25) is 0 Å². The Morgan fingerprint density at radius 1 is 1.07 bits per heavy atom. The van der Waals surface area contributed by atoms with Crippen molar-refractivity contribution in [2.24, 2.45) is 0 Å². The van der Waals surface area contributed by atoms with E-state index >= 15 is 0 Å². The zero-order valence-electron chi connectivity index (χ0n) is 16.5. The van der Waals surface area contributed by atoms with Gasteiger partial charge in [0.15, 0.2) is 0 Å². The summed E-state index contributed by atoms with van der Waals surface area (Å²) < 4.78 is 10.1. The molecule has 0 fully saturated rings. The van der Waals surface area contributed by atoms with E-state index in [9.17, 15) is 14.4 Å². The van der Waals surface area contributed by atoms with E-state index < -0.39 is 29.8 Å². The Labute approximate surface area is 164 Å². The summed E-state index contributed by atoms with van der Waals surface area (Å²) in [6, 6.07) is 8.23. The van der Waals surface area contributed by atoms with Crippen molar-refractivity contribution in [3.63, 3.8) is 0 Å². The van der Waals surface area contributed by atoms with Gasteiger partial charge in [0.25, 0.3) is 0 Å². The average Bonchev–Trinajstić information content (AvgIpc) is 2.61. The van der Waals surface area contributed by atoms with Gasteiger partial charge in [-0.25, -0.2) is 14.4 Å². The number of aliphatic carboxylic acids is 1. The van der Waals surface area contributed by atoms with E-state index in [1.807, 2.05) is 30.3 Å². The van der Waals surface area contributed by atoms with Gasteiger partial charge in [-0.15, -0.1) is 0 Å². The molecule has 0 aromatic heterocycles. The van der Waals surface area contributed by atoms with Crippen LogP contribution in [0, 0.1) is 0 Å². The van der Waals surface area contributed by atoms with Crippen LogP contribution in [0.2, 0.25) is 0 Å². The Balaban J connectivity index is 2.15. The zero-order chi connectivity index (χ0) is 21.0. The summed E-state index contributed by atoms with van der Waals surface area (Å²) in [5.74, 6) is -1.17. The quantitative estimate of drug-likeness (QED) is 0.446. The number of benzene rings is 1. The van der Waals surface area contributed by atoms with Crippen molar-refractivity contribution in [2.75, 3.05) is 19.6 Å². The molecule has 1 unspecified atom stereocenters. The molecule has 9 heteroatoms. The smallest absolute Gasteiger partial charge is 0.408 e. The van der Waals surface area contributed by atoms with Crippen molar-refractivity contribution < 1.29 is 29.0 Å². The molecule has 0 radical (unpaired) electrons. The highest BCUT2D eigenvalue weighted by Gasteiger charge is 2.23. The minimum absolute atomic E-state index is 0.0348. The van der Waals surface area contributed by atoms with E-state index in [-0.39, 0.29) is 13.2 Å². The first kappa shape index (κ1) is 23.2. The Kier molecular flexibility index (Phi) is 9.80. The van der Waals surface area contributed by atoms with Crippen LogP contribution >= 0.6 is 0 Å². The van der Waals surface area contributed by atoms with E-state index in [1.54, 1.807) is 20.8 Å². The van der Waals surface area contributed by atoms with Crippen LogP contribution in [0.4, 0.5) is 9.59 Å². The van der Waals surface area contributed by atoms with Crippen LogP contribution in [0.25, 0.3) is 0 Å². The van der Waals surface area contributed by atoms with Gasteiger partial charge in [0.05, 0.1) is 0 Å². The normalized spacial score (nSPS) is 12.0. The first-order valence-corrected chi connectivity index (χ1v) is 9.05. The van der Waals surface area contributed by atoms with Gasteiger partial charge < -0.3 is 30.5 Å². The van der Waals surface area contributed by atoms with Crippen molar-refractivity contribution in [1.29, 1.82) is 0 Å². The molecule has 9 nitrogen and oxygen atoms in total. The monoisotopic (exact) mass is 395 g/mol. The minimum atomic E-state index is -1.17. The molecule has 0 saturated heterocycles. The molecule has 156 valence electrons. The van der Waals surface area contributed by atoms with Gasteiger partial charge >= 0.3 is 18.2 Å². The van der Waals surface area contributed by atoms with E-state index in [0.29, 0.717) is 19.5 Å². The molecule has 0 saturated carbocycles. The van der Waals surface area contributed by atoms with Gasteiger partial charge in [0.1, 0.15) is 18.2 Å². The summed E-state index contributed by atoms with van der Waals surface area (Å²) in [7, 11) is 0. The molecular weight excluding hydrogens is 366 g/mol. The molecule has 0 aliphatic carbocycles. The number of ether oxygens (including phenoxy) is 2. The van der Waals surface area contributed by atoms with E-state index in [4.69, 9.17) is 14.6 Å². The topological polar surface area (TPSA) is 126 Å². The Hall–Kier alpha value is -2.81. The summed E-state index contributed by atoms with van der Waals surface area (Å²) >= 11 is 0. The highest BCUT2D eigenvalue weighted by molar-refractivity contribution is 5.80. The number of amides is 2. The summed E-state index contributed by atoms with van der Waals surface area (Å²) in [5.41, 5.74) is 0.193. The molecule has 0 heterocycles. The van der Waals surface area contributed by atoms with Crippen LogP contribution in [0.3, 0.4) is 0 Å². The summed E-state index contributed by atoms with van der Waals surface area (Å²) in [5, 5.41) is 17.0. The third-order valence-electron chi connectivity index (χ3n) is 3.35. The molecule has 1 aromatic rings. The molecule has 0 aliphatic heterocycles. The second-order valence-electron chi connectivity index (χ2n) is 7.08. The molecule has 28 heavy (non-hydrogen) atoms. The van der Waals surface area contributed by atoms with E-state index in [0.717, 1.165) is 5.56 Å². The van der Waals surface area contributed by atoms with Gasteiger partial charge in [-0.05, 0) is 39.3 Å². The maximum atomic E-state index is 11.7. The molecule has 1 atom stereocenters. The largest absolute Gasteiger partial charge is 0.480 e. The number of hydrogen-bond donors (Lipinski definition) is 4. The fourth-order valence-electron chi connectivity index (χ4n) is 2.07. The predicted octanol–water partition coefficient (Wildman–Crippen LogP) is 1.87.